The van der Waals surface area contributed by atoms with Gasteiger partial charge in [-0.2, -0.15) is 5.10 Å². The highest BCUT2D eigenvalue weighted by atomic mass is 16.5. The molecule has 0 fully saturated rings. The number of hydrogen-bond acceptors (Lipinski definition) is 3. The van der Waals surface area contributed by atoms with E-state index in [-0.39, 0.29) is 6.61 Å². The third-order valence-corrected chi connectivity index (χ3v) is 3.88. The van der Waals surface area contributed by atoms with Gasteiger partial charge < -0.3 is 9.84 Å². The number of aliphatic hydroxyl groups is 1. The number of rotatable bonds is 5. The van der Waals surface area contributed by atoms with Crippen LogP contribution in [0.2, 0.25) is 0 Å². The highest BCUT2D eigenvalue weighted by Crippen LogP contribution is 2.22. The molecule has 0 aliphatic rings. The maximum absolute atomic E-state index is 9.11. The highest BCUT2D eigenvalue weighted by molar-refractivity contribution is 5.82. The predicted molar refractivity (Wildman–Crippen MR) is 87.4 cm³/mol. The molecule has 3 rings (SSSR count). The predicted octanol–water partition coefficient (Wildman–Crippen LogP) is 2.94. The average Bonchev–Trinajstić information content (AvgIpc) is 2.84. The van der Waals surface area contributed by atoms with Crippen molar-refractivity contribution in [2.75, 3.05) is 13.7 Å². The molecule has 0 bridgehead atoms. The molecular formula is C18H20N2O2. The largest absolute Gasteiger partial charge is 0.497 e. The van der Waals surface area contributed by atoms with E-state index in [1.165, 1.54) is 11.1 Å². The first kappa shape index (κ1) is 14.6. The number of ether oxygens (including phenoxy) is 1. The molecule has 0 aliphatic heterocycles. The lowest BCUT2D eigenvalue weighted by molar-refractivity contribution is 0.271. The second kappa shape index (κ2) is 6.20. The second-order valence-electron chi connectivity index (χ2n) is 5.41. The van der Waals surface area contributed by atoms with Crippen molar-refractivity contribution < 1.29 is 9.84 Å². The molecule has 0 spiro atoms. The number of fused-ring (bicyclic) bond motifs is 1. The SMILES string of the molecule is COc1ccc(Cc2ccc3c(c2)c(C)nn3CCO)cc1. The first-order chi connectivity index (χ1) is 10.7. The van der Waals surface area contributed by atoms with Crippen LogP contribution in [0.5, 0.6) is 5.75 Å². The lowest BCUT2D eigenvalue weighted by Gasteiger charge is -2.05. The Hall–Kier alpha value is -2.33. The zero-order chi connectivity index (χ0) is 15.5. The van der Waals surface area contributed by atoms with Crippen LogP contribution >= 0.6 is 0 Å². The Labute approximate surface area is 130 Å². The van der Waals surface area contributed by atoms with Crippen LogP contribution in [0.15, 0.2) is 42.5 Å². The minimum absolute atomic E-state index is 0.101. The number of methoxy groups -OCH3 is 1. The van der Waals surface area contributed by atoms with Crippen molar-refractivity contribution in [2.45, 2.75) is 19.9 Å². The quantitative estimate of drug-likeness (QED) is 0.787. The molecule has 2 aromatic carbocycles. The smallest absolute Gasteiger partial charge is 0.118 e. The number of hydrogen-bond donors (Lipinski definition) is 1. The molecule has 1 aromatic heterocycles. The Kier molecular flexibility index (Phi) is 4.11. The van der Waals surface area contributed by atoms with Gasteiger partial charge >= 0.3 is 0 Å². The molecule has 3 aromatic rings. The van der Waals surface area contributed by atoms with E-state index >= 15 is 0 Å². The summed E-state index contributed by atoms with van der Waals surface area (Å²) in [6.07, 6.45) is 0.880. The Balaban J connectivity index is 1.89. The highest BCUT2D eigenvalue weighted by Gasteiger charge is 2.08. The fraction of sp³-hybridized carbons (Fsp3) is 0.278. The number of aromatic nitrogens is 2. The summed E-state index contributed by atoms with van der Waals surface area (Å²) in [5, 5.41) is 14.8. The van der Waals surface area contributed by atoms with Crippen molar-refractivity contribution in [1.29, 1.82) is 0 Å². The summed E-state index contributed by atoms with van der Waals surface area (Å²) < 4.78 is 7.05. The molecule has 22 heavy (non-hydrogen) atoms. The van der Waals surface area contributed by atoms with Gasteiger partial charge in [0.1, 0.15) is 5.75 Å². The van der Waals surface area contributed by atoms with Gasteiger partial charge in [0.25, 0.3) is 0 Å². The summed E-state index contributed by atoms with van der Waals surface area (Å²) in [7, 11) is 1.68. The van der Waals surface area contributed by atoms with Gasteiger partial charge in [0, 0.05) is 5.39 Å². The van der Waals surface area contributed by atoms with E-state index in [0.29, 0.717) is 6.54 Å². The van der Waals surface area contributed by atoms with Gasteiger partial charge in [-0.1, -0.05) is 18.2 Å². The molecule has 4 nitrogen and oxygen atoms in total. The first-order valence-corrected chi connectivity index (χ1v) is 7.41. The third-order valence-electron chi connectivity index (χ3n) is 3.88. The Bertz CT molecular complexity index is 776. The Morgan fingerprint density at radius 2 is 1.82 bits per heavy atom. The van der Waals surface area contributed by atoms with Gasteiger partial charge in [0.05, 0.1) is 31.5 Å². The average molecular weight is 296 g/mol. The summed E-state index contributed by atoms with van der Waals surface area (Å²) >= 11 is 0. The molecule has 0 atom stereocenters. The lowest BCUT2D eigenvalue weighted by atomic mass is 10.0. The molecule has 1 N–H and O–H groups in total. The fourth-order valence-corrected chi connectivity index (χ4v) is 2.74. The van der Waals surface area contributed by atoms with Crippen LogP contribution in [-0.2, 0) is 13.0 Å². The van der Waals surface area contributed by atoms with Gasteiger partial charge in [0.2, 0.25) is 0 Å². The van der Waals surface area contributed by atoms with Gasteiger partial charge in [-0.05, 0) is 48.7 Å². The number of aryl methyl sites for hydroxylation is 1. The van der Waals surface area contributed by atoms with Crippen molar-refractivity contribution in [3.05, 3.63) is 59.3 Å². The van der Waals surface area contributed by atoms with E-state index in [0.717, 1.165) is 28.8 Å². The summed E-state index contributed by atoms with van der Waals surface area (Å²) in [4.78, 5) is 0. The van der Waals surface area contributed by atoms with Crippen LogP contribution in [0.25, 0.3) is 10.9 Å². The zero-order valence-electron chi connectivity index (χ0n) is 12.9. The molecule has 0 radical (unpaired) electrons. The number of aliphatic hydroxyl groups excluding tert-OH is 1. The summed E-state index contributed by atoms with van der Waals surface area (Å²) in [5.41, 5.74) is 4.58. The summed E-state index contributed by atoms with van der Waals surface area (Å²) in [6.45, 7) is 2.64. The molecule has 1 heterocycles. The molecule has 114 valence electrons. The van der Waals surface area contributed by atoms with E-state index in [1.807, 2.05) is 23.7 Å². The molecular weight excluding hydrogens is 276 g/mol. The van der Waals surface area contributed by atoms with E-state index in [4.69, 9.17) is 9.84 Å². The van der Waals surface area contributed by atoms with Crippen LogP contribution in [0, 0.1) is 6.92 Å². The summed E-state index contributed by atoms with van der Waals surface area (Å²) in [6, 6.07) is 14.5. The van der Waals surface area contributed by atoms with Crippen molar-refractivity contribution in [1.82, 2.24) is 9.78 Å². The maximum Gasteiger partial charge on any atom is 0.118 e. The minimum atomic E-state index is 0.101. The monoisotopic (exact) mass is 296 g/mol. The van der Waals surface area contributed by atoms with Crippen molar-refractivity contribution >= 4 is 10.9 Å². The standard InChI is InChI=1S/C18H20N2O2/c1-13-17-12-15(5-8-18(17)20(19-13)9-10-21)11-14-3-6-16(22-2)7-4-14/h3-8,12,21H,9-11H2,1-2H3. The first-order valence-electron chi connectivity index (χ1n) is 7.41. The van der Waals surface area contributed by atoms with Crippen LogP contribution in [0.4, 0.5) is 0 Å². The fourth-order valence-electron chi connectivity index (χ4n) is 2.74. The molecule has 0 saturated carbocycles. The van der Waals surface area contributed by atoms with E-state index < -0.39 is 0 Å². The van der Waals surface area contributed by atoms with Gasteiger partial charge in [-0.3, -0.25) is 4.68 Å². The lowest BCUT2D eigenvalue weighted by Crippen LogP contribution is -2.03. The van der Waals surface area contributed by atoms with Crippen LogP contribution < -0.4 is 4.74 Å². The molecule has 4 heteroatoms. The molecule has 0 amide bonds. The van der Waals surface area contributed by atoms with Gasteiger partial charge in [-0.15, -0.1) is 0 Å². The van der Waals surface area contributed by atoms with Gasteiger partial charge in [0.15, 0.2) is 0 Å². The normalized spacial score (nSPS) is 11.0. The maximum atomic E-state index is 9.11. The van der Waals surface area contributed by atoms with E-state index in [2.05, 4.69) is 35.4 Å². The number of nitrogens with zero attached hydrogens (tertiary/aromatic N) is 2. The van der Waals surface area contributed by atoms with Crippen molar-refractivity contribution in [2.24, 2.45) is 0 Å². The molecule has 0 saturated heterocycles. The van der Waals surface area contributed by atoms with Crippen LogP contribution in [0.1, 0.15) is 16.8 Å². The number of benzene rings is 2. The van der Waals surface area contributed by atoms with Crippen LogP contribution in [0.3, 0.4) is 0 Å². The topological polar surface area (TPSA) is 47.3 Å². The Morgan fingerprint density at radius 1 is 1.09 bits per heavy atom. The molecule has 0 unspecified atom stereocenters. The van der Waals surface area contributed by atoms with E-state index in [1.54, 1.807) is 7.11 Å². The molecule has 0 aliphatic carbocycles. The minimum Gasteiger partial charge on any atom is -0.497 e. The third kappa shape index (κ3) is 2.83. The Morgan fingerprint density at radius 3 is 2.50 bits per heavy atom. The zero-order valence-corrected chi connectivity index (χ0v) is 12.9. The van der Waals surface area contributed by atoms with Crippen molar-refractivity contribution in [3.63, 3.8) is 0 Å². The van der Waals surface area contributed by atoms with Gasteiger partial charge in [-0.25, -0.2) is 0 Å². The van der Waals surface area contributed by atoms with Crippen LogP contribution in [-0.4, -0.2) is 28.6 Å². The second-order valence-corrected chi connectivity index (χ2v) is 5.41. The van der Waals surface area contributed by atoms with Crippen molar-refractivity contribution in [3.8, 4) is 5.75 Å². The van der Waals surface area contributed by atoms with E-state index in [9.17, 15) is 0 Å². The summed E-state index contributed by atoms with van der Waals surface area (Å²) in [5.74, 6) is 0.875.